The predicted molar refractivity (Wildman–Crippen MR) is 56.1 cm³/mol. The Morgan fingerprint density at radius 1 is 1.69 bits per heavy atom. The van der Waals surface area contributed by atoms with Crippen LogP contribution in [0.15, 0.2) is 11.1 Å². The number of nitrogens with zero attached hydrogens (tertiary/aromatic N) is 3. The minimum atomic E-state index is -0.771. The first-order chi connectivity index (χ1) is 7.61. The first kappa shape index (κ1) is 11.7. The molecule has 1 aliphatic heterocycles. The van der Waals surface area contributed by atoms with Gasteiger partial charge in [0.2, 0.25) is 0 Å². The van der Waals surface area contributed by atoms with Gasteiger partial charge in [0.25, 0.3) is 0 Å². The number of aliphatic hydroxyl groups is 2. The molecule has 2 N–H and O–H groups in total. The normalized spacial score (nSPS) is 29.6. The molecule has 2 rings (SSSR count). The Hall–Kier alpha value is -0.752. The van der Waals surface area contributed by atoms with Crippen molar-refractivity contribution in [2.75, 3.05) is 6.61 Å². The van der Waals surface area contributed by atoms with E-state index >= 15 is 0 Å². The van der Waals surface area contributed by atoms with Crippen LogP contribution in [0.1, 0.15) is 12.6 Å². The molecule has 1 fully saturated rings. The van der Waals surface area contributed by atoms with Gasteiger partial charge in [-0.05, 0) is 0 Å². The molecule has 0 amide bonds. The van der Waals surface area contributed by atoms with E-state index in [9.17, 15) is 9.90 Å². The Balaban J connectivity index is 2.23. The molecular weight excluding hydrogens is 277 g/mol. The van der Waals surface area contributed by atoms with Gasteiger partial charge in [0, 0.05) is 0 Å². The van der Waals surface area contributed by atoms with Gasteiger partial charge in [-0.3, -0.25) is 0 Å². The summed E-state index contributed by atoms with van der Waals surface area (Å²) < 4.78 is 6.99. The van der Waals surface area contributed by atoms with Crippen molar-refractivity contribution in [3.63, 3.8) is 0 Å². The Kier molecular flexibility index (Phi) is 3.39. The van der Waals surface area contributed by atoms with Gasteiger partial charge in [0.15, 0.2) is 0 Å². The predicted octanol–water partition coefficient (Wildman–Crippen LogP) is -3.46. The summed E-state index contributed by atoms with van der Waals surface area (Å²) >= 11 is 1.16. The summed E-state index contributed by atoms with van der Waals surface area (Å²) in [6.07, 6.45) is -0.422. The summed E-state index contributed by atoms with van der Waals surface area (Å²) in [5, 5.41) is 18.4. The van der Waals surface area contributed by atoms with Crippen molar-refractivity contribution < 1.29 is 14.9 Å². The van der Waals surface area contributed by atoms with Crippen LogP contribution in [0, 0.1) is 0 Å². The molecule has 88 valence electrons. The van der Waals surface area contributed by atoms with Crippen LogP contribution >= 0.6 is 0 Å². The van der Waals surface area contributed by atoms with E-state index in [1.54, 1.807) is 0 Å². The van der Waals surface area contributed by atoms with Gasteiger partial charge in [0.05, 0.1) is 0 Å². The molecule has 0 bridgehead atoms. The Labute approximate surface area is 99.6 Å². The van der Waals surface area contributed by atoms with Gasteiger partial charge in [-0.15, -0.1) is 0 Å². The van der Waals surface area contributed by atoms with Gasteiger partial charge in [0.1, 0.15) is 0 Å². The Morgan fingerprint density at radius 2 is 2.44 bits per heavy atom. The number of hydrogen-bond acceptors (Lipinski definition) is 6. The van der Waals surface area contributed by atoms with Gasteiger partial charge >= 0.3 is 99.2 Å². The van der Waals surface area contributed by atoms with E-state index in [0.29, 0.717) is 4.61 Å². The van der Waals surface area contributed by atoms with Gasteiger partial charge < -0.3 is 0 Å². The van der Waals surface area contributed by atoms with Crippen LogP contribution in [0.4, 0.5) is 0 Å². The second-order valence-electron chi connectivity index (χ2n) is 3.52. The van der Waals surface area contributed by atoms with E-state index in [1.807, 2.05) is 0 Å². The number of aliphatic hydroxyl groups excluding tert-OH is 2. The molecule has 1 saturated heterocycles. The van der Waals surface area contributed by atoms with E-state index in [0.717, 1.165) is 16.9 Å². The van der Waals surface area contributed by atoms with E-state index < -0.39 is 24.1 Å². The number of hydrogen-bond donors (Lipinski definition) is 2. The molecular formula is C8H12AsN3O4. The van der Waals surface area contributed by atoms with Crippen LogP contribution in [0.5, 0.6) is 0 Å². The Bertz CT molecular complexity index is 438. The molecule has 0 radical (unpaired) electrons. The third-order valence-electron chi connectivity index (χ3n) is 2.44. The number of rotatable bonds is 2. The maximum absolute atomic E-state index is 11.5. The zero-order valence-corrected chi connectivity index (χ0v) is 10.8. The molecule has 1 unspecified atom stereocenters. The number of aromatic nitrogens is 3. The van der Waals surface area contributed by atoms with Crippen LogP contribution in [0.3, 0.4) is 0 Å². The van der Waals surface area contributed by atoms with Crippen LogP contribution < -0.4 is 10.3 Å². The molecule has 2 heterocycles. The zero-order chi connectivity index (χ0) is 11.7. The standard InChI is InChI=1S/C8H12AsN3O4/c9-7-10-3-12(8(15)11-7)6-1-4(14)5(2-13)16-6/h3-6,13-14H,1-2,9H2/t4-,5+,6+/m0/s1. The van der Waals surface area contributed by atoms with Gasteiger partial charge in [-0.1, -0.05) is 0 Å². The zero-order valence-electron chi connectivity index (χ0n) is 8.35. The molecule has 4 atom stereocenters. The van der Waals surface area contributed by atoms with Crippen LogP contribution in [-0.4, -0.2) is 60.4 Å². The van der Waals surface area contributed by atoms with Crippen LogP contribution in [0.2, 0.25) is 0 Å². The third kappa shape index (κ3) is 2.17. The molecule has 1 aromatic rings. The molecule has 0 spiro atoms. The Morgan fingerprint density at radius 3 is 3.00 bits per heavy atom. The second kappa shape index (κ2) is 4.63. The topological polar surface area (TPSA) is 97.5 Å². The summed E-state index contributed by atoms with van der Waals surface area (Å²) in [6.45, 7) is -0.276. The van der Waals surface area contributed by atoms with Crippen molar-refractivity contribution in [3.05, 3.63) is 16.8 Å². The molecule has 0 aliphatic carbocycles. The van der Waals surface area contributed by atoms with Crippen molar-refractivity contribution in [2.45, 2.75) is 24.9 Å². The molecule has 8 heteroatoms. The molecule has 7 nitrogen and oxygen atoms in total. The summed E-state index contributed by atoms with van der Waals surface area (Å²) in [5.41, 5.74) is -0.454. The molecule has 1 aromatic heterocycles. The van der Waals surface area contributed by atoms with Gasteiger partial charge in [-0.2, -0.15) is 0 Å². The van der Waals surface area contributed by atoms with Crippen molar-refractivity contribution in [1.82, 2.24) is 14.5 Å². The summed E-state index contributed by atoms with van der Waals surface area (Å²) in [6, 6.07) is 0. The minimum absolute atomic E-state index is 0.253. The first-order valence-electron chi connectivity index (χ1n) is 4.77. The fraction of sp³-hybridized carbons (Fsp3) is 0.625. The molecule has 0 aromatic carbocycles. The first-order valence-corrected chi connectivity index (χ1v) is 5.98. The van der Waals surface area contributed by atoms with Crippen LogP contribution in [-0.2, 0) is 4.74 Å². The van der Waals surface area contributed by atoms with Crippen LogP contribution in [0.25, 0.3) is 0 Å². The monoisotopic (exact) mass is 289 g/mol. The quantitative estimate of drug-likeness (QED) is 0.549. The summed E-state index contributed by atoms with van der Waals surface area (Å²) in [5.74, 6) is 0. The molecule has 1 aliphatic rings. The average Bonchev–Trinajstić information content (AvgIpc) is 2.59. The van der Waals surface area contributed by atoms with Crippen molar-refractivity contribution in [3.8, 4) is 0 Å². The summed E-state index contributed by atoms with van der Waals surface area (Å²) in [4.78, 5) is 19.1. The SMILES string of the molecule is O=c1nc([AsH2])ncn1[C@H]1C[C@H](O)[C@@H](CO)O1. The van der Waals surface area contributed by atoms with Crippen molar-refractivity contribution in [2.24, 2.45) is 0 Å². The maximum atomic E-state index is 11.5. The average molecular weight is 289 g/mol. The fourth-order valence-electron chi connectivity index (χ4n) is 1.60. The van der Waals surface area contributed by atoms with E-state index in [1.165, 1.54) is 10.9 Å². The fourth-order valence-corrected chi connectivity index (χ4v) is 1.97. The van der Waals surface area contributed by atoms with Crippen molar-refractivity contribution >= 4 is 21.5 Å². The van der Waals surface area contributed by atoms with E-state index in [4.69, 9.17) is 9.84 Å². The molecule has 16 heavy (non-hydrogen) atoms. The second-order valence-corrected chi connectivity index (χ2v) is 4.60. The van der Waals surface area contributed by atoms with E-state index in [-0.39, 0.29) is 13.0 Å². The van der Waals surface area contributed by atoms with E-state index in [2.05, 4.69) is 9.97 Å². The summed E-state index contributed by atoms with van der Waals surface area (Å²) in [7, 11) is 0. The van der Waals surface area contributed by atoms with Crippen molar-refractivity contribution in [1.29, 1.82) is 0 Å². The molecule has 0 saturated carbocycles. The number of ether oxygens (including phenoxy) is 1. The third-order valence-corrected chi connectivity index (χ3v) is 3.02. The van der Waals surface area contributed by atoms with Gasteiger partial charge in [-0.25, -0.2) is 0 Å².